The Morgan fingerprint density at radius 1 is 0.535 bits per heavy atom. The average Bonchev–Trinajstić information content (AvgIpc) is 3.98. The maximum absolute atomic E-state index is 8.70. The summed E-state index contributed by atoms with van der Waals surface area (Å²) in [5, 5.41) is 1.92. The first kappa shape index (κ1) is 41.9. The average molecular weight is 1100 g/mol. The zero-order valence-corrected chi connectivity index (χ0v) is 41.6. The molecule has 9 aromatic carbocycles. The number of pyridine rings is 1. The molecule has 0 amide bonds. The van der Waals surface area contributed by atoms with Crippen molar-refractivity contribution in [1.29, 1.82) is 0 Å². The molecule has 0 aliphatic carbocycles. The van der Waals surface area contributed by atoms with Gasteiger partial charge in [-0.2, -0.15) is 6.07 Å². The van der Waals surface area contributed by atoms with Crippen molar-refractivity contribution in [3.8, 4) is 61.8 Å². The molecule has 71 heavy (non-hydrogen) atoms. The summed E-state index contributed by atoms with van der Waals surface area (Å²) >= 11 is 0. The smallest absolute Gasteiger partial charge is 0.135 e. The molecule has 0 radical (unpaired) electrons. The van der Waals surface area contributed by atoms with Gasteiger partial charge in [-0.1, -0.05) is 195 Å². The molecule has 12 rings (SSSR count). The van der Waals surface area contributed by atoms with E-state index >= 15 is 0 Å². The fraction of sp³-hybridized carbons (Fsp3) is 0.0769. The predicted molar refractivity (Wildman–Crippen MR) is 289 cm³/mol. The molecule has 0 fully saturated rings. The number of benzene rings is 9. The third kappa shape index (κ3) is 8.41. The molecule has 1 aliphatic rings. The molecule has 2 aromatic heterocycles. The largest absolute Gasteiger partial charge is 0.509 e. The van der Waals surface area contributed by atoms with Gasteiger partial charge in [0, 0.05) is 82.1 Å². The molecule has 0 saturated carbocycles. The number of fused-ring (bicyclic) bond motifs is 4. The van der Waals surface area contributed by atoms with Crippen molar-refractivity contribution < 1.29 is 29.9 Å². The number of hydrogen-bond acceptors (Lipinski definition) is 4. The van der Waals surface area contributed by atoms with E-state index in [0.29, 0.717) is 28.4 Å². The Morgan fingerprint density at radius 2 is 1.11 bits per heavy atom. The number of ether oxygens (including phenoxy) is 1. The number of hydrogen-bond donors (Lipinski definition) is 0. The number of nitrogens with zero attached hydrogens (tertiary/aromatic N) is 4. The summed E-state index contributed by atoms with van der Waals surface area (Å²) in [5.41, 5.74) is 14.6. The molecule has 0 bridgehead atoms. The number of para-hydroxylation sites is 4. The number of aromatic nitrogens is 2. The Labute approximate surface area is 434 Å². The van der Waals surface area contributed by atoms with Crippen LogP contribution in [-0.2, 0) is 26.5 Å². The third-order valence-corrected chi connectivity index (χ3v) is 13.2. The second kappa shape index (κ2) is 18.7. The zero-order valence-electron chi connectivity index (χ0n) is 42.4. The summed E-state index contributed by atoms with van der Waals surface area (Å²) in [6, 6.07) is 79.5. The van der Waals surface area contributed by atoms with E-state index in [1.165, 1.54) is 5.56 Å². The third-order valence-electron chi connectivity index (χ3n) is 13.2. The number of rotatable bonds is 9. The molecule has 1 aliphatic heterocycles. The van der Waals surface area contributed by atoms with Crippen molar-refractivity contribution in [3.05, 3.63) is 248 Å². The zero-order chi connectivity index (χ0) is 49.8. The van der Waals surface area contributed by atoms with Crippen molar-refractivity contribution in [2.24, 2.45) is 0 Å². The molecule has 0 spiro atoms. The van der Waals surface area contributed by atoms with Crippen LogP contribution in [0.2, 0.25) is 0 Å². The molecule has 0 N–H and O–H groups in total. The van der Waals surface area contributed by atoms with Crippen molar-refractivity contribution in [1.82, 2.24) is 9.55 Å². The normalized spacial score (nSPS) is 13.1. The minimum Gasteiger partial charge on any atom is -0.509 e. The Balaban J connectivity index is 0.00000588. The summed E-state index contributed by atoms with van der Waals surface area (Å²) < 4.78 is 35.0. The Kier molecular flexibility index (Phi) is 11.1. The molecule has 0 saturated heterocycles. The summed E-state index contributed by atoms with van der Waals surface area (Å²) in [7, 11) is 0. The van der Waals surface area contributed by atoms with E-state index in [2.05, 4.69) is 189 Å². The Bertz CT molecular complexity index is 3780. The fourth-order valence-corrected chi connectivity index (χ4v) is 9.81. The van der Waals surface area contributed by atoms with Gasteiger partial charge in [0.1, 0.15) is 5.82 Å². The predicted octanol–water partition coefficient (Wildman–Crippen LogP) is 17.3. The Morgan fingerprint density at radius 3 is 1.76 bits per heavy atom. The summed E-state index contributed by atoms with van der Waals surface area (Å²) in [6.07, 6.45) is 1.68. The minimum absolute atomic E-state index is 0. The van der Waals surface area contributed by atoms with Crippen LogP contribution >= 0.6 is 0 Å². The maximum Gasteiger partial charge on any atom is 0.135 e. The summed E-state index contributed by atoms with van der Waals surface area (Å²) in [5.74, 6) is 1.43. The van der Waals surface area contributed by atoms with Crippen molar-refractivity contribution >= 4 is 44.6 Å². The van der Waals surface area contributed by atoms with Crippen molar-refractivity contribution in [3.63, 3.8) is 0 Å². The van der Waals surface area contributed by atoms with Gasteiger partial charge in [0.05, 0.1) is 0 Å². The molecule has 6 heteroatoms. The van der Waals surface area contributed by atoms with Gasteiger partial charge in [-0.25, -0.2) is 4.98 Å². The van der Waals surface area contributed by atoms with Crippen LogP contribution in [0.15, 0.2) is 219 Å². The molecule has 348 valence electrons. The number of aryl methyl sites for hydroxylation is 1. The molecular weight excluding hydrogens is 1050 g/mol. The number of anilines is 4. The maximum atomic E-state index is 8.70. The van der Waals surface area contributed by atoms with Gasteiger partial charge in [0.15, 0.2) is 0 Å². The second-order valence-electron chi connectivity index (χ2n) is 18.7. The van der Waals surface area contributed by atoms with E-state index in [9.17, 15) is 0 Å². The van der Waals surface area contributed by atoms with E-state index in [4.69, 9.17) is 13.8 Å². The fourth-order valence-electron chi connectivity index (χ4n) is 9.81. The first-order valence-corrected chi connectivity index (χ1v) is 23.6. The second-order valence-corrected chi connectivity index (χ2v) is 18.7. The van der Waals surface area contributed by atoms with Gasteiger partial charge in [-0.3, -0.25) is 0 Å². The van der Waals surface area contributed by atoms with E-state index in [0.717, 1.165) is 78.0 Å². The van der Waals surface area contributed by atoms with Crippen molar-refractivity contribution in [2.75, 3.05) is 9.80 Å². The monoisotopic (exact) mass is 1100 g/mol. The van der Waals surface area contributed by atoms with Gasteiger partial charge < -0.3 is 19.1 Å². The van der Waals surface area contributed by atoms with E-state index < -0.39 is 6.85 Å². The van der Waals surface area contributed by atoms with Gasteiger partial charge in [0.25, 0.3) is 0 Å². The van der Waals surface area contributed by atoms with Gasteiger partial charge in [-0.05, 0) is 75.3 Å². The molecule has 3 heterocycles. The van der Waals surface area contributed by atoms with Gasteiger partial charge in [0.2, 0.25) is 0 Å². The Hall–Kier alpha value is -7.98. The quantitative estimate of drug-likeness (QED) is 0.135. The van der Waals surface area contributed by atoms with Crippen LogP contribution in [0.4, 0.5) is 22.7 Å². The van der Waals surface area contributed by atoms with Gasteiger partial charge >= 0.3 is 0 Å². The van der Waals surface area contributed by atoms with E-state index in [1.807, 2.05) is 71.3 Å². The van der Waals surface area contributed by atoms with Gasteiger partial charge in [-0.15, -0.1) is 48.3 Å². The molecular formula is C65H49N4OPt-3. The molecule has 0 atom stereocenters. The first-order valence-electron chi connectivity index (χ1n) is 25.1. The summed E-state index contributed by atoms with van der Waals surface area (Å²) in [4.78, 5) is 9.46. The van der Waals surface area contributed by atoms with Crippen LogP contribution < -0.4 is 14.5 Å². The molecule has 5 nitrogen and oxygen atoms in total. The van der Waals surface area contributed by atoms with Crippen LogP contribution in [0.1, 0.15) is 36.0 Å². The van der Waals surface area contributed by atoms with Crippen LogP contribution in [0, 0.1) is 25.7 Å². The van der Waals surface area contributed by atoms with Crippen molar-refractivity contribution in [2.45, 2.75) is 33.0 Å². The summed E-state index contributed by atoms with van der Waals surface area (Å²) in [6.45, 7) is 6.38. The van der Waals surface area contributed by atoms with Crippen LogP contribution in [0.5, 0.6) is 11.5 Å². The van der Waals surface area contributed by atoms with Crippen LogP contribution in [-0.4, -0.2) is 9.55 Å². The topological polar surface area (TPSA) is 33.5 Å². The standard InChI is InChI=1S/C65H49N4O.Pt/c1-44-38-62(66-42-57(44)47-24-12-7-13-25-47)69-58-31-15-14-28-55(58)63-56(48-34-36-49(37-35-48)65(2,3)4)40-52(41-61(63)69)70-51-27-18-26-50(39-51)67-43-68(60-33-17-16-32-59(60)67)64-53(45-20-8-5-9-21-45)29-19-30-54(64)46-22-10-6-11-23-46;/h5-38,40,42-43H,1-4H3;/q-3;/i1D3;. The minimum atomic E-state index is -2.42. The SMILES string of the molecule is [2H]C([2H])([2H])c1cc(-n2c3[c-]c(Oc4[c-]c(N5[CH-]N(c6c(-c7ccccc7)cccc6-c6ccccc6)c6ccccc65)ccc4)cc(-c4ccc(C(C)(C)C)cc4)c3c3ccccc32)ncc1-c1ccccc1.[Pt]. The molecule has 0 unspecified atom stereocenters. The first-order chi connectivity index (χ1) is 35.5. The van der Waals surface area contributed by atoms with E-state index in [-0.39, 0.29) is 32.0 Å². The molecule has 11 aromatic rings. The van der Waals surface area contributed by atoms with E-state index in [1.54, 1.807) is 12.3 Å². The van der Waals surface area contributed by atoms with Crippen LogP contribution in [0.25, 0.3) is 72.1 Å². The van der Waals surface area contributed by atoms with Crippen LogP contribution in [0.3, 0.4) is 0 Å².